The number of nitro groups is 1. The minimum absolute atomic E-state index is 0.135. The van der Waals surface area contributed by atoms with Crippen LogP contribution in [0.4, 0.5) is 11.4 Å². The quantitative estimate of drug-likeness (QED) is 0.475. The van der Waals surface area contributed by atoms with Crippen molar-refractivity contribution >= 4 is 11.4 Å². The summed E-state index contributed by atoms with van der Waals surface area (Å²) < 4.78 is 0. The molecule has 126 valence electrons. The number of hydrogen-bond donors (Lipinski definition) is 0. The summed E-state index contributed by atoms with van der Waals surface area (Å²) >= 11 is 0. The van der Waals surface area contributed by atoms with Crippen molar-refractivity contribution in [2.45, 2.75) is 19.8 Å². The van der Waals surface area contributed by atoms with Crippen LogP contribution < -0.4 is 4.90 Å². The average Bonchev–Trinajstić information content (AvgIpc) is 2.62. The highest BCUT2D eigenvalue weighted by atomic mass is 16.6. The van der Waals surface area contributed by atoms with Gasteiger partial charge in [-0.2, -0.15) is 0 Å². The van der Waals surface area contributed by atoms with Gasteiger partial charge in [-0.05, 0) is 50.0 Å². The third kappa shape index (κ3) is 4.45. The van der Waals surface area contributed by atoms with Crippen LogP contribution in [0.3, 0.4) is 0 Å². The van der Waals surface area contributed by atoms with Gasteiger partial charge >= 0.3 is 0 Å². The number of pyridine rings is 1. The van der Waals surface area contributed by atoms with E-state index >= 15 is 0 Å². The van der Waals surface area contributed by atoms with E-state index in [-0.39, 0.29) is 10.6 Å². The lowest BCUT2D eigenvalue weighted by atomic mass is 10.0. The molecule has 0 N–H and O–H groups in total. The molecule has 0 spiro atoms. The predicted molar refractivity (Wildman–Crippen MR) is 98.5 cm³/mol. The van der Waals surface area contributed by atoms with Crippen LogP contribution in [0.2, 0.25) is 0 Å². The molecule has 1 aromatic heterocycles. The molecule has 0 atom stereocenters. The fourth-order valence-electron chi connectivity index (χ4n) is 2.82. The van der Waals surface area contributed by atoms with E-state index in [0.29, 0.717) is 0 Å². The highest BCUT2D eigenvalue weighted by Gasteiger charge is 2.16. The molecule has 0 unspecified atom stereocenters. The summed E-state index contributed by atoms with van der Waals surface area (Å²) in [4.78, 5) is 17.1. The Balaban J connectivity index is 1.62. The lowest BCUT2D eigenvalue weighted by Crippen LogP contribution is -2.30. The summed E-state index contributed by atoms with van der Waals surface area (Å²) in [6, 6.07) is 12.6. The average molecular weight is 333 g/mol. The zero-order valence-electron chi connectivity index (χ0n) is 14.1. The summed E-state index contributed by atoms with van der Waals surface area (Å²) in [5, 5.41) is 10.9. The van der Waals surface area contributed by atoms with Crippen LogP contribution >= 0.6 is 0 Å². The van der Waals surface area contributed by atoms with Crippen LogP contribution in [0.5, 0.6) is 0 Å². The molecule has 3 rings (SSSR count). The van der Waals surface area contributed by atoms with Gasteiger partial charge in [0.25, 0.3) is 5.69 Å². The lowest BCUT2D eigenvalue weighted by molar-refractivity contribution is -0.384. The second kappa shape index (κ2) is 7.63. The number of piperidine rings is 1. The van der Waals surface area contributed by atoms with Crippen molar-refractivity contribution < 1.29 is 4.92 Å². The molecule has 0 bridgehead atoms. The molecule has 5 heteroatoms. The fourth-order valence-corrected chi connectivity index (χ4v) is 2.82. The summed E-state index contributed by atoms with van der Waals surface area (Å²) in [6.45, 7) is 3.64. The van der Waals surface area contributed by atoms with Crippen LogP contribution in [0.25, 0.3) is 0 Å². The van der Waals surface area contributed by atoms with Gasteiger partial charge in [-0.25, -0.2) is 4.98 Å². The largest absolute Gasteiger partial charge is 0.371 e. The third-order valence-electron chi connectivity index (χ3n) is 4.18. The van der Waals surface area contributed by atoms with Gasteiger partial charge < -0.3 is 4.90 Å². The number of non-ortho nitro benzene ring substituents is 1. The van der Waals surface area contributed by atoms with E-state index in [4.69, 9.17) is 0 Å². The van der Waals surface area contributed by atoms with Crippen LogP contribution in [0, 0.1) is 28.9 Å². The standard InChI is InChI=1S/C20H19N3O2/c1-16-5-2-7-18(21-16)8-3-6-17-11-13-22(14-12-17)19-9-4-10-20(15-19)23(24)25/h2,4-7,9-10,15H,11-14H2,1H3. The maximum absolute atomic E-state index is 10.9. The molecule has 2 heterocycles. The Morgan fingerprint density at radius 1 is 1.20 bits per heavy atom. The molecular weight excluding hydrogens is 314 g/mol. The Bertz CT molecular complexity index is 868. The van der Waals surface area contributed by atoms with Crippen molar-refractivity contribution in [3.63, 3.8) is 0 Å². The number of allylic oxidation sites excluding steroid dienone is 1. The molecule has 1 saturated heterocycles. The van der Waals surface area contributed by atoms with E-state index in [1.165, 1.54) is 11.6 Å². The monoisotopic (exact) mass is 333 g/mol. The van der Waals surface area contributed by atoms with Crippen molar-refractivity contribution in [1.82, 2.24) is 4.98 Å². The van der Waals surface area contributed by atoms with E-state index in [1.807, 2.05) is 37.3 Å². The second-order valence-electron chi connectivity index (χ2n) is 6.00. The number of aryl methyl sites for hydroxylation is 1. The fraction of sp³-hybridized carbons (Fsp3) is 0.250. The smallest absolute Gasteiger partial charge is 0.271 e. The SMILES string of the molecule is Cc1cccc(C#CC=C2CCN(c3cccc([N+](=O)[O-])c3)CC2)n1. The van der Waals surface area contributed by atoms with Crippen LogP contribution in [-0.4, -0.2) is 23.0 Å². The van der Waals surface area contributed by atoms with Gasteiger partial charge in [0.2, 0.25) is 0 Å². The number of benzene rings is 1. The molecular formula is C20H19N3O2. The van der Waals surface area contributed by atoms with Gasteiger partial charge in [0.05, 0.1) is 4.92 Å². The lowest BCUT2D eigenvalue weighted by Gasteiger charge is -2.30. The molecule has 25 heavy (non-hydrogen) atoms. The van der Waals surface area contributed by atoms with Gasteiger partial charge in [-0.3, -0.25) is 10.1 Å². The molecule has 0 aliphatic carbocycles. The van der Waals surface area contributed by atoms with Gasteiger partial charge in [0.1, 0.15) is 5.69 Å². The van der Waals surface area contributed by atoms with Gasteiger partial charge in [0, 0.05) is 36.6 Å². The number of aromatic nitrogens is 1. The normalized spacial score (nSPS) is 13.8. The minimum Gasteiger partial charge on any atom is -0.371 e. The van der Waals surface area contributed by atoms with Gasteiger partial charge in [-0.1, -0.05) is 23.6 Å². The highest BCUT2D eigenvalue weighted by molar-refractivity contribution is 5.54. The second-order valence-corrected chi connectivity index (χ2v) is 6.00. The Hall–Kier alpha value is -3.13. The van der Waals surface area contributed by atoms with Gasteiger partial charge in [0.15, 0.2) is 0 Å². The van der Waals surface area contributed by atoms with E-state index in [9.17, 15) is 10.1 Å². The predicted octanol–water partition coefficient (Wildman–Crippen LogP) is 3.88. The van der Waals surface area contributed by atoms with E-state index in [1.54, 1.807) is 12.1 Å². The Morgan fingerprint density at radius 2 is 1.96 bits per heavy atom. The van der Waals surface area contributed by atoms with Gasteiger partial charge in [-0.15, -0.1) is 0 Å². The molecule has 1 aliphatic heterocycles. The number of hydrogen-bond acceptors (Lipinski definition) is 4. The Morgan fingerprint density at radius 3 is 2.68 bits per heavy atom. The number of nitrogens with zero attached hydrogens (tertiary/aromatic N) is 3. The summed E-state index contributed by atoms with van der Waals surface area (Å²) in [5.74, 6) is 6.16. The third-order valence-corrected chi connectivity index (χ3v) is 4.18. The number of rotatable bonds is 2. The molecule has 1 aromatic carbocycles. The van der Waals surface area contributed by atoms with Crippen molar-refractivity contribution in [2.24, 2.45) is 0 Å². The molecule has 0 amide bonds. The van der Waals surface area contributed by atoms with Crippen molar-refractivity contribution in [1.29, 1.82) is 0 Å². The first-order valence-electron chi connectivity index (χ1n) is 8.24. The van der Waals surface area contributed by atoms with Crippen molar-refractivity contribution in [3.8, 4) is 11.8 Å². The first-order valence-corrected chi connectivity index (χ1v) is 8.24. The summed E-state index contributed by atoms with van der Waals surface area (Å²) in [7, 11) is 0. The zero-order chi connectivity index (χ0) is 17.6. The molecule has 2 aromatic rings. The molecule has 0 saturated carbocycles. The zero-order valence-corrected chi connectivity index (χ0v) is 14.1. The first-order chi connectivity index (χ1) is 12.1. The number of anilines is 1. The first kappa shape index (κ1) is 16.7. The van der Waals surface area contributed by atoms with Crippen LogP contribution in [-0.2, 0) is 0 Å². The molecule has 1 fully saturated rings. The van der Waals surface area contributed by atoms with E-state index in [0.717, 1.165) is 43.0 Å². The van der Waals surface area contributed by atoms with Crippen molar-refractivity contribution in [2.75, 3.05) is 18.0 Å². The molecule has 0 radical (unpaired) electrons. The van der Waals surface area contributed by atoms with E-state index < -0.39 is 0 Å². The van der Waals surface area contributed by atoms with Crippen LogP contribution in [0.1, 0.15) is 24.2 Å². The number of nitro benzene ring substituents is 1. The Labute approximate surface area is 147 Å². The highest BCUT2D eigenvalue weighted by Crippen LogP contribution is 2.25. The molecule has 1 aliphatic rings. The maximum atomic E-state index is 10.9. The Kier molecular flexibility index (Phi) is 5.10. The minimum atomic E-state index is -0.353. The molecule has 5 nitrogen and oxygen atoms in total. The van der Waals surface area contributed by atoms with E-state index in [2.05, 4.69) is 21.7 Å². The maximum Gasteiger partial charge on any atom is 0.271 e. The summed E-state index contributed by atoms with van der Waals surface area (Å²) in [5.41, 5.74) is 4.09. The van der Waals surface area contributed by atoms with Crippen molar-refractivity contribution in [3.05, 3.63) is 75.6 Å². The topological polar surface area (TPSA) is 59.3 Å². The van der Waals surface area contributed by atoms with Crippen LogP contribution in [0.15, 0.2) is 54.1 Å². The summed E-state index contributed by atoms with van der Waals surface area (Å²) in [6.07, 6.45) is 3.81.